The van der Waals surface area contributed by atoms with Crippen LogP contribution in [0.15, 0.2) is 85.5 Å². The van der Waals surface area contributed by atoms with Gasteiger partial charge in [0, 0.05) is 35.2 Å². The van der Waals surface area contributed by atoms with E-state index in [2.05, 4.69) is 15.2 Å². The summed E-state index contributed by atoms with van der Waals surface area (Å²) in [5, 5.41) is 8.63. The Hall–Kier alpha value is -4.44. The smallest absolute Gasteiger partial charge is 0.414 e. The molecule has 0 N–H and O–H groups in total. The lowest BCUT2D eigenvalue weighted by atomic mass is 10.1. The number of para-hydroxylation sites is 1. The van der Waals surface area contributed by atoms with Crippen molar-refractivity contribution >= 4 is 35.0 Å². The molecule has 0 aliphatic heterocycles. The Bertz CT molecular complexity index is 1410. The summed E-state index contributed by atoms with van der Waals surface area (Å²) in [6, 6.07) is 17.8. The van der Waals surface area contributed by atoms with Crippen LogP contribution in [-0.2, 0) is 11.3 Å². The third-order valence-electron chi connectivity index (χ3n) is 5.81. The minimum Gasteiger partial charge on any atom is -0.492 e. The number of ether oxygens (including phenoxy) is 2. The first-order chi connectivity index (χ1) is 19.7. The standard InChI is InChI=1S/C30H33ClN6O4/c1-30(2,3)41-29(39)36(26-10-12-32-13-11-26)18-19-40-27-21-23(20-24(31)22-27)28(38)35(25-8-5-4-6-9-25)16-7-17-37-33-14-15-34-37/h4-6,8-15,20-22H,7,16-19H2,1-3H3. The van der Waals surface area contributed by atoms with E-state index in [1.807, 2.05) is 51.1 Å². The van der Waals surface area contributed by atoms with Crippen LogP contribution in [0.2, 0.25) is 5.02 Å². The van der Waals surface area contributed by atoms with Crippen molar-refractivity contribution in [2.24, 2.45) is 0 Å². The third kappa shape index (κ3) is 8.77. The van der Waals surface area contributed by atoms with Crippen LogP contribution in [0.25, 0.3) is 0 Å². The normalized spacial score (nSPS) is 11.1. The first kappa shape index (κ1) is 29.5. The van der Waals surface area contributed by atoms with Crippen molar-refractivity contribution in [1.29, 1.82) is 0 Å². The SMILES string of the molecule is CC(C)(C)OC(=O)N(CCOc1cc(Cl)cc(C(=O)N(CCCn2nccn2)c2ccccc2)c1)c1ccncc1. The molecule has 2 aromatic carbocycles. The van der Waals surface area contributed by atoms with Crippen LogP contribution >= 0.6 is 11.6 Å². The molecule has 0 fully saturated rings. The van der Waals surface area contributed by atoms with Crippen LogP contribution in [0.4, 0.5) is 16.2 Å². The molecule has 0 aliphatic carbocycles. The summed E-state index contributed by atoms with van der Waals surface area (Å²) in [4.78, 5) is 35.4. The number of halogens is 1. The molecule has 41 heavy (non-hydrogen) atoms. The number of carbonyl (C=O) groups is 2. The summed E-state index contributed by atoms with van der Waals surface area (Å²) in [6.45, 7) is 6.78. The highest BCUT2D eigenvalue weighted by Gasteiger charge is 2.24. The second-order valence-corrected chi connectivity index (χ2v) is 10.6. The topological polar surface area (TPSA) is 103 Å². The number of nitrogens with zero attached hydrogens (tertiary/aromatic N) is 6. The zero-order valence-electron chi connectivity index (χ0n) is 23.3. The molecule has 4 aromatic rings. The van der Waals surface area contributed by atoms with Gasteiger partial charge in [0.1, 0.15) is 18.0 Å². The van der Waals surface area contributed by atoms with Crippen molar-refractivity contribution in [2.45, 2.75) is 39.3 Å². The number of amides is 2. The lowest BCUT2D eigenvalue weighted by Crippen LogP contribution is -2.39. The molecule has 4 rings (SSSR count). The predicted octanol–water partition coefficient (Wildman–Crippen LogP) is 5.88. The number of pyridine rings is 1. The number of aryl methyl sites for hydroxylation is 1. The molecular formula is C30H33ClN6O4. The number of benzene rings is 2. The van der Waals surface area contributed by atoms with E-state index in [0.29, 0.717) is 41.5 Å². The maximum absolute atomic E-state index is 13.7. The van der Waals surface area contributed by atoms with Crippen LogP contribution in [0.1, 0.15) is 37.6 Å². The number of rotatable bonds is 11. The van der Waals surface area contributed by atoms with Gasteiger partial charge in [0.2, 0.25) is 0 Å². The summed E-state index contributed by atoms with van der Waals surface area (Å²) in [5.74, 6) is 0.192. The van der Waals surface area contributed by atoms with Crippen molar-refractivity contribution in [2.75, 3.05) is 29.5 Å². The number of hydrogen-bond donors (Lipinski definition) is 0. The second kappa shape index (κ2) is 13.8. The van der Waals surface area contributed by atoms with Gasteiger partial charge >= 0.3 is 6.09 Å². The van der Waals surface area contributed by atoms with E-state index in [4.69, 9.17) is 21.1 Å². The largest absolute Gasteiger partial charge is 0.492 e. The maximum atomic E-state index is 13.7. The van der Waals surface area contributed by atoms with Gasteiger partial charge in [-0.25, -0.2) is 4.79 Å². The van der Waals surface area contributed by atoms with Gasteiger partial charge in [-0.2, -0.15) is 15.0 Å². The molecule has 0 bridgehead atoms. The zero-order valence-corrected chi connectivity index (χ0v) is 24.1. The van der Waals surface area contributed by atoms with Gasteiger partial charge in [0.15, 0.2) is 0 Å². The van der Waals surface area contributed by atoms with Crippen LogP contribution in [-0.4, -0.2) is 57.3 Å². The van der Waals surface area contributed by atoms with Gasteiger partial charge in [0.05, 0.1) is 31.2 Å². The van der Waals surface area contributed by atoms with Gasteiger partial charge in [-0.1, -0.05) is 29.8 Å². The molecule has 0 aliphatic rings. The van der Waals surface area contributed by atoms with Crippen molar-refractivity contribution < 1.29 is 19.1 Å². The lowest BCUT2D eigenvalue weighted by Gasteiger charge is -2.27. The fourth-order valence-electron chi connectivity index (χ4n) is 4.03. The van der Waals surface area contributed by atoms with Crippen molar-refractivity contribution in [3.63, 3.8) is 0 Å². The van der Waals surface area contributed by atoms with Crippen LogP contribution in [0, 0.1) is 0 Å². The number of hydrogen-bond acceptors (Lipinski definition) is 7. The molecule has 0 radical (unpaired) electrons. The minimum absolute atomic E-state index is 0.134. The quantitative estimate of drug-likeness (QED) is 0.219. The minimum atomic E-state index is -0.662. The fourth-order valence-corrected chi connectivity index (χ4v) is 4.26. The first-order valence-corrected chi connectivity index (χ1v) is 13.6. The monoisotopic (exact) mass is 576 g/mol. The van der Waals surface area contributed by atoms with Crippen molar-refractivity contribution in [1.82, 2.24) is 20.0 Å². The van der Waals surface area contributed by atoms with Gasteiger partial charge in [-0.3, -0.25) is 14.7 Å². The molecule has 0 spiro atoms. The highest BCUT2D eigenvalue weighted by Crippen LogP contribution is 2.25. The molecule has 2 amide bonds. The number of anilines is 2. The summed E-state index contributed by atoms with van der Waals surface area (Å²) in [6.07, 6.45) is 6.60. The van der Waals surface area contributed by atoms with Gasteiger partial charge < -0.3 is 14.4 Å². The Kier molecular flexibility index (Phi) is 9.91. The summed E-state index contributed by atoms with van der Waals surface area (Å²) in [5.41, 5.74) is 1.11. The molecule has 0 saturated carbocycles. The van der Waals surface area contributed by atoms with Crippen molar-refractivity contribution in [3.8, 4) is 5.75 Å². The Morgan fingerprint density at radius 3 is 2.24 bits per heavy atom. The fraction of sp³-hybridized carbons (Fsp3) is 0.300. The average molecular weight is 577 g/mol. The summed E-state index contributed by atoms with van der Waals surface area (Å²) >= 11 is 6.42. The lowest BCUT2D eigenvalue weighted by molar-refractivity contribution is 0.0575. The molecule has 2 aromatic heterocycles. The van der Waals surface area contributed by atoms with Gasteiger partial charge in [-0.05, 0) is 69.7 Å². The Labute approximate surface area is 244 Å². The van der Waals surface area contributed by atoms with E-state index in [1.165, 1.54) is 4.90 Å². The molecular weight excluding hydrogens is 544 g/mol. The van der Waals surface area contributed by atoms with Crippen molar-refractivity contribution in [3.05, 3.63) is 96.0 Å². The first-order valence-electron chi connectivity index (χ1n) is 13.2. The summed E-state index contributed by atoms with van der Waals surface area (Å²) < 4.78 is 11.6. The Morgan fingerprint density at radius 1 is 0.878 bits per heavy atom. The molecule has 0 saturated heterocycles. The predicted molar refractivity (Wildman–Crippen MR) is 158 cm³/mol. The average Bonchev–Trinajstić information content (AvgIpc) is 3.46. The highest BCUT2D eigenvalue weighted by molar-refractivity contribution is 6.31. The third-order valence-corrected chi connectivity index (χ3v) is 6.03. The van der Waals surface area contributed by atoms with Gasteiger partial charge in [0.25, 0.3) is 5.91 Å². The number of aromatic nitrogens is 4. The van der Waals surface area contributed by atoms with E-state index >= 15 is 0 Å². The Morgan fingerprint density at radius 2 is 1.56 bits per heavy atom. The van der Waals surface area contributed by atoms with E-state index in [9.17, 15) is 9.59 Å². The van der Waals surface area contributed by atoms with Crippen LogP contribution < -0.4 is 14.5 Å². The van der Waals surface area contributed by atoms with E-state index < -0.39 is 11.7 Å². The van der Waals surface area contributed by atoms with Crippen LogP contribution in [0.5, 0.6) is 5.75 Å². The maximum Gasteiger partial charge on any atom is 0.414 e. The molecule has 2 heterocycles. The second-order valence-electron chi connectivity index (χ2n) is 10.1. The molecule has 0 unspecified atom stereocenters. The zero-order chi connectivity index (χ0) is 29.2. The van der Waals surface area contributed by atoms with E-state index in [1.54, 1.807) is 64.8 Å². The Balaban J connectivity index is 1.47. The van der Waals surface area contributed by atoms with E-state index in [-0.39, 0.29) is 19.1 Å². The van der Waals surface area contributed by atoms with E-state index in [0.717, 1.165) is 5.69 Å². The molecule has 0 atom stereocenters. The molecule has 11 heteroatoms. The van der Waals surface area contributed by atoms with Crippen LogP contribution in [0.3, 0.4) is 0 Å². The van der Waals surface area contributed by atoms with Gasteiger partial charge in [-0.15, -0.1) is 0 Å². The highest BCUT2D eigenvalue weighted by atomic mass is 35.5. The summed E-state index contributed by atoms with van der Waals surface area (Å²) in [7, 11) is 0. The number of carbonyl (C=O) groups excluding carboxylic acids is 2. The molecule has 10 nitrogen and oxygen atoms in total. The molecule has 214 valence electrons.